The van der Waals surface area contributed by atoms with E-state index in [-0.39, 0.29) is 0 Å². The first-order chi connectivity index (χ1) is 9.25. The second kappa shape index (κ2) is 7.26. The maximum absolute atomic E-state index is 5.67. The zero-order chi connectivity index (χ0) is 13.5. The number of ether oxygens (including phenoxy) is 1. The van der Waals surface area contributed by atoms with E-state index in [2.05, 4.69) is 33.2 Å². The minimum absolute atomic E-state index is 0.300. The predicted octanol–water partition coefficient (Wildman–Crippen LogP) is 3.57. The first-order valence-electron chi connectivity index (χ1n) is 6.27. The minimum Gasteiger partial charge on any atom is -0.492 e. The number of nitrogens with one attached hydrogen (secondary N) is 1. The largest absolute Gasteiger partial charge is 0.492 e. The molecule has 100 valence electrons. The van der Waals surface area contributed by atoms with Gasteiger partial charge in [-0.25, -0.2) is 0 Å². The molecule has 1 atom stereocenters. The molecule has 0 spiro atoms. The van der Waals surface area contributed by atoms with Crippen molar-refractivity contribution in [2.75, 3.05) is 13.2 Å². The average Bonchev–Trinajstić information content (AvgIpc) is 2.44. The number of aromatic nitrogens is 1. The summed E-state index contributed by atoms with van der Waals surface area (Å²) in [4.78, 5) is 4.02. The fraction of sp³-hybridized carbons (Fsp3) is 0.267. The highest BCUT2D eigenvalue weighted by Crippen LogP contribution is 2.17. The normalized spacial score (nSPS) is 12.1. The van der Waals surface area contributed by atoms with Gasteiger partial charge in [0, 0.05) is 29.5 Å². The highest BCUT2D eigenvalue weighted by Gasteiger charge is 2.03. The van der Waals surface area contributed by atoms with E-state index in [1.807, 2.05) is 48.8 Å². The second-order valence-electron chi connectivity index (χ2n) is 4.26. The van der Waals surface area contributed by atoms with E-state index >= 15 is 0 Å². The van der Waals surface area contributed by atoms with Crippen molar-refractivity contribution in [3.63, 3.8) is 0 Å². The fourth-order valence-corrected chi connectivity index (χ4v) is 2.15. The molecule has 2 aromatic rings. The van der Waals surface area contributed by atoms with E-state index in [1.54, 1.807) is 0 Å². The van der Waals surface area contributed by atoms with Crippen LogP contribution in [-0.4, -0.2) is 18.1 Å². The van der Waals surface area contributed by atoms with E-state index in [0.717, 1.165) is 16.8 Å². The van der Waals surface area contributed by atoms with Crippen molar-refractivity contribution in [2.24, 2.45) is 0 Å². The van der Waals surface area contributed by atoms with E-state index < -0.39 is 0 Å². The van der Waals surface area contributed by atoms with Gasteiger partial charge >= 0.3 is 0 Å². The number of rotatable bonds is 6. The lowest BCUT2D eigenvalue weighted by Crippen LogP contribution is -2.24. The Bertz CT molecular complexity index is 505. The van der Waals surface area contributed by atoms with Crippen molar-refractivity contribution in [3.8, 4) is 5.75 Å². The highest BCUT2D eigenvalue weighted by molar-refractivity contribution is 9.10. The summed E-state index contributed by atoms with van der Waals surface area (Å²) in [6, 6.07) is 12.2. The molecular formula is C15H17BrN2O. The Labute approximate surface area is 122 Å². The lowest BCUT2D eigenvalue weighted by Gasteiger charge is -2.14. The Hall–Kier alpha value is -1.39. The van der Waals surface area contributed by atoms with Gasteiger partial charge in [0.25, 0.3) is 0 Å². The van der Waals surface area contributed by atoms with E-state index in [9.17, 15) is 0 Å². The summed E-state index contributed by atoms with van der Waals surface area (Å²) in [6.45, 7) is 3.58. The number of hydrogen-bond acceptors (Lipinski definition) is 3. The summed E-state index contributed by atoms with van der Waals surface area (Å²) in [5.41, 5.74) is 1.23. The molecule has 0 aliphatic heterocycles. The Morgan fingerprint density at radius 3 is 2.79 bits per heavy atom. The third-order valence-corrected chi connectivity index (χ3v) is 3.32. The van der Waals surface area contributed by atoms with Crippen molar-refractivity contribution in [3.05, 3.63) is 58.8 Å². The van der Waals surface area contributed by atoms with Gasteiger partial charge in [-0.15, -0.1) is 0 Å². The monoisotopic (exact) mass is 320 g/mol. The Balaban J connectivity index is 1.72. The average molecular weight is 321 g/mol. The van der Waals surface area contributed by atoms with Gasteiger partial charge in [0.05, 0.1) is 0 Å². The first-order valence-corrected chi connectivity index (χ1v) is 7.06. The topological polar surface area (TPSA) is 34.1 Å². The van der Waals surface area contributed by atoms with Crippen LogP contribution in [0.15, 0.2) is 53.3 Å². The highest BCUT2D eigenvalue weighted by atomic mass is 79.9. The lowest BCUT2D eigenvalue weighted by molar-refractivity contribution is 0.307. The van der Waals surface area contributed by atoms with Crippen LogP contribution in [0, 0.1) is 0 Å². The SMILES string of the molecule is C[C@@H](NCCOc1cccc(Br)c1)c1ccncc1. The quantitative estimate of drug-likeness (QED) is 0.826. The maximum atomic E-state index is 5.67. The summed E-state index contributed by atoms with van der Waals surface area (Å²) < 4.78 is 6.70. The maximum Gasteiger partial charge on any atom is 0.120 e. The van der Waals surface area contributed by atoms with Crippen molar-refractivity contribution < 1.29 is 4.74 Å². The lowest BCUT2D eigenvalue weighted by atomic mass is 10.1. The van der Waals surface area contributed by atoms with Crippen LogP contribution in [0.3, 0.4) is 0 Å². The van der Waals surface area contributed by atoms with E-state index in [1.165, 1.54) is 5.56 Å². The van der Waals surface area contributed by atoms with Crippen molar-refractivity contribution in [2.45, 2.75) is 13.0 Å². The molecule has 0 aliphatic carbocycles. The molecular weight excluding hydrogens is 304 g/mol. The van der Waals surface area contributed by atoms with Crippen LogP contribution in [0.25, 0.3) is 0 Å². The van der Waals surface area contributed by atoms with Crippen LogP contribution in [0.2, 0.25) is 0 Å². The molecule has 0 bridgehead atoms. The van der Waals surface area contributed by atoms with Crippen LogP contribution in [0.5, 0.6) is 5.75 Å². The van der Waals surface area contributed by atoms with Crippen molar-refractivity contribution in [1.82, 2.24) is 10.3 Å². The zero-order valence-electron chi connectivity index (χ0n) is 10.8. The third kappa shape index (κ3) is 4.65. The van der Waals surface area contributed by atoms with Crippen LogP contribution >= 0.6 is 15.9 Å². The minimum atomic E-state index is 0.300. The van der Waals surface area contributed by atoms with Crippen LogP contribution < -0.4 is 10.1 Å². The number of benzene rings is 1. The molecule has 1 N–H and O–H groups in total. The standard InChI is InChI=1S/C15H17BrN2O/c1-12(13-5-7-17-8-6-13)18-9-10-19-15-4-2-3-14(16)11-15/h2-8,11-12,18H,9-10H2,1H3/t12-/m1/s1. The molecule has 0 radical (unpaired) electrons. The zero-order valence-corrected chi connectivity index (χ0v) is 12.4. The Kier molecular flexibility index (Phi) is 5.36. The molecule has 1 heterocycles. The first kappa shape index (κ1) is 14.0. The van der Waals surface area contributed by atoms with Crippen LogP contribution in [-0.2, 0) is 0 Å². The van der Waals surface area contributed by atoms with Gasteiger partial charge in [0.2, 0.25) is 0 Å². The molecule has 0 saturated heterocycles. The van der Waals surface area contributed by atoms with Crippen LogP contribution in [0.1, 0.15) is 18.5 Å². The number of nitrogens with zero attached hydrogens (tertiary/aromatic N) is 1. The third-order valence-electron chi connectivity index (χ3n) is 2.82. The molecule has 19 heavy (non-hydrogen) atoms. The molecule has 0 amide bonds. The van der Waals surface area contributed by atoms with E-state index in [4.69, 9.17) is 4.74 Å². The van der Waals surface area contributed by atoms with Gasteiger partial charge in [-0.3, -0.25) is 4.98 Å². The van der Waals surface area contributed by atoms with E-state index in [0.29, 0.717) is 12.6 Å². The molecule has 0 unspecified atom stereocenters. The summed E-state index contributed by atoms with van der Waals surface area (Å²) >= 11 is 3.42. The molecule has 1 aromatic heterocycles. The summed E-state index contributed by atoms with van der Waals surface area (Å²) in [5.74, 6) is 0.882. The predicted molar refractivity (Wildman–Crippen MR) is 80.3 cm³/mol. The molecule has 4 heteroatoms. The summed E-state index contributed by atoms with van der Waals surface area (Å²) in [6.07, 6.45) is 3.62. The Morgan fingerprint density at radius 1 is 1.26 bits per heavy atom. The van der Waals surface area contributed by atoms with Gasteiger partial charge in [0.1, 0.15) is 12.4 Å². The molecule has 2 rings (SSSR count). The number of hydrogen-bond donors (Lipinski definition) is 1. The molecule has 0 fully saturated rings. The van der Waals surface area contributed by atoms with Crippen molar-refractivity contribution >= 4 is 15.9 Å². The summed E-state index contributed by atoms with van der Waals surface area (Å²) in [5, 5.41) is 3.42. The number of halogens is 1. The van der Waals surface area contributed by atoms with Gasteiger partial charge in [-0.1, -0.05) is 22.0 Å². The van der Waals surface area contributed by atoms with Crippen molar-refractivity contribution in [1.29, 1.82) is 0 Å². The Morgan fingerprint density at radius 2 is 2.05 bits per heavy atom. The summed E-state index contributed by atoms with van der Waals surface area (Å²) in [7, 11) is 0. The van der Waals surface area contributed by atoms with Gasteiger partial charge in [0.15, 0.2) is 0 Å². The second-order valence-corrected chi connectivity index (χ2v) is 5.18. The van der Waals surface area contributed by atoms with Crippen LogP contribution in [0.4, 0.5) is 0 Å². The molecule has 3 nitrogen and oxygen atoms in total. The fourth-order valence-electron chi connectivity index (χ4n) is 1.77. The number of pyridine rings is 1. The van der Waals surface area contributed by atoms with Gasteiger partial charge in [-0.05, 0) is 42.8 Å². The van der Waals surface area contributed by atoms with Gasteiger partial charge in [-0.2, -0.15) is 0 Å². The van der Waals surface area contributed by atoms with Gasteiger partial charge < -0.3 is 10.1 Å². The smallest absolute Gasteiger partial charge is 0.120 e. The molecule has 0 saturated carbocycles. The molecule has 0 aliphatic rings. The molecule has 1 aromatic carbocycles.